The Labute approximate surface area is 102 Å². The molecule has 1 fully saturated rings. The Morgan fingerprint density at radius 2 is 2.12 bits per heavy atom. The van der Waals surface area contributed by atoms with Gasteiger partial charge in [0.25, 0.3) is 0 Å². The van der Waals surface area contributed by atoms with Crippen molar-refractivity contribution >= 4 is 11.6 Å². The third-order valence-electron chi connectivity index (χ3n) is 3.82. The van der Waals surface area contributed by atoms with Crippen LogP contribution in [0.25, 0.3) is 0 Å². The van der Waals surface area contributed by atoms with Crippen molar-refractivity contribution < 1.29 is 4.74 Å². The molecule has 16 heavy (non-hydrogen) atoms. The molecule has 1 atom stereocenters. The van der Waals surface area contributed by atoms with Gasteiger partial charge in [-0.15, -0.1) is 0 Å². The van der Waals surface area contributed by atoms with Gasteiger partial charge in [-0.05, 0) is 38.0 Å². The third kappa shape index (κ3) is 1.70. The molecule has 0 spiro atoms. The zero-order chi connectivity index (χ0) is 11.8. The van der Waals surface area contributed by atoms with Gasteiger partial charge in [-0.3, -0.25) is 0 Å². The van der Waals surface area contributed by atoms with Crippen LogP contribution in [-0.2, 0) is 5.41 Å². The molecule has 0 aliphatic heterocycles. The molecule has 1 saturated carbocycles. The van der Waals surface area contributed by atoms with E-state index in [-0.39, 0.29) is 11.5 Å². The van der Waals surface area contributed by atoms with Crippen molar-refractivity contribution in [1.82, 2.24) is 0 Å². The van der Waals surface area contributed by atoms with E-state index < -0.39 is 0 Å². The Kier molecular flexibility index (Phi) is 3.13. The van der Waals surface area contributed by atoms with E-state index in [0.29, 0.717) is 0 Å². The first-order valence-corrected chi connectivity index (χ1v) is 6.07. The minimum absolute atomic E-state index is 0.0657. The van der Waals surface area contributed by atoms with Gasteiger partial charge < -0.3 is 10.5 Å². The predicted molar refractivity (Wildman–Crippen MR) is 67.2 cm³/mol. The average molecular weight is 240 g/mol. The molecule has 1 aromatic rings. The van der Waals surface area contributed by atoms with Crippen LogP contribution in [0, 0.1) is 0 Å². The first-order valence-electron chi connectivity index (χ1n) is 5.70. The van der Waals surface area contributed by atoms with E-state index in [1.807, 2.05) is 18.2 Å². The van der Waals surface area contributed by atoms with Crippen LogP contribution in [0.1, 0.15) is 31.7 Å². The molecule has 1 aliphatic carbocycles. The number of rotatable bonds is 3. The van der Waals surface area contributed by atoms with E-state index >= 15 is 0 Å². The molecule has 0 radical (unpaired) electrons. The van der Waals surface area contributed by atoms with Crippen LogP contribution in [-0.4, -0.2) is 13.2 Å². The lowest BCUT2D eigenvalue weighted by atomic mass is 9.60. The number of halogens is 1. The average Bonchev–Trinajstić information content (AvgIpc) is 2.15. The number of ether oxygens (including phenoxy) is 1. The highest BCUT2D eigenvalue weighted by Crippen LogP contribution is 2.49. The van der Waals surface area contributed by atoms with Gasteiger partial charge >= 0.3 is 0 Å². The summed E-state index contributed by atoms with van der Waals surface area (Å²) in [7, 11) is 1.69. The second kappa shape index (κ2) is 4.27. The summed E-state index contributed by atoms with van der Waals surface area (Å²) in [6.45, 7) is 2.07. The maximum Gasteiger partial charge on any atom is 0.122 e. The SMILES string of the molecule is COc1ccc(Cl)cc1C1(C(C)N)CCC1. The van der Waals surface area contributed by atoms with Crippen LogP contribution < -0.4 is 10.5 Å². The van der Waals surface area contributed by atoms with Crippen LogP contribution in [0.2, 0.25) is 5.02 Å². The van der Waals surface area contributed by atoms with Gasteiger partial charge in [0, 0.05) is 22.0 Å². The maximum atomic E-state index is 6.14. The maximum absolute atomic E-state index is 6.14. The van der Waals surface area contributed by atoms with E-state index in [2.05, 4.69) is 6.92 Å². The van der Waals surface area contributed by atoms with Gasteiger partial charge in [-0.25, -0.2) is 0 Å². The largest absolute Gasteiger partial charge is 0.496 e. The van der Waals surface area contributed by atoms with Crippen molar-refractivity contribution in [1.29, 1.82) is 0 Å². The molecule has 1 aromatic carbocycles. The number of hydrogen-bond acceptors (Lipinski definition) is 2. The van der Waals surface area contributed by atoms with E-state index in [0.717, 1.165) is 23.6 Å². The normalized spacial score (nSPS) is 20.0. The van der Waals surface area contributed by atoms with Crippen LogP contribution >= 0.6 is 11.6 Å². The molecule has 0 aromatic heterocycles. The Morgan fingerprint density at radius 1 is 1.44 bits per heavy atom. The van der Waals surface area contributed by atoms with Crippen LogP contribution in [0.15, 0.2) is 18.2 Å². The van der Waals surface area contributed by atoms with Gasteiger partial charge in [0.15, 0.2) is 0 Å². The topological polar surface area (TPSA) is 35.2 Å². The smallest absolute Gasteiger partial charge is 0.122 e. The Morgan fingerprint density at radius 3 is 2.56 bits per heavy atom. The van der Waals surface area contributed by atoms with E-state index in [9.17, 15) is 0 Å². The Bertz CT molecular complexity index is 386. The molecular formula is C13H18ClNO. The molecule has 2 nitrogen and oxygen atoms in total. The highest BCUT2D eigenvalue weighted by Gasteiger charge is 2.43. The second-order valence-corrected chi connectivity index (χ2v) is 5.08. The highest BCUT2D eigenvalue weighted by atomic mass is 35.5. The number of methoxy groups -OCH3 is 1. The van der Waals surface area contributed by atoms with Gasteiger partial charge in [0.2, 0.25) is 0 Å². The van der Waals surface area contributed by atoms with E-state index in [1.165, 1.54) is 12.0 Å². The third-order valence-corrected chi connectivity index (χ3v) is 4.05. The standard InChI is InChI=1S/C13H18ClNO/c1-9(15)13(6-3-7-13)11-8-10(14)4-5-12(11)16-2/h4-5,8-9H,3,6-7,15H2,1-2H3. The molecule has 0 bridgehead atoms. The van der Waals surface area contributed by atoms with Crippen molar-refractivity contribution in [3.05, 3.63) is 28.8 Å². The van der Waals surface area contributed by atoms with Crippen LogP contribution in [0.3, 0.4) is 0 Å². The monoisotopic (exact) mass is 239 g/mol. The zero-order valence-corrected chi connectivity index (χ0v) is 10.6. The lowest BCUT2D eigenvalue weighted by Gasteiger charge is -2.46. The molecule has 2 rings (SSSR count). The predicted octanol–water partition coefficient (Wildman–Crippen LogP) is 3.12. The number of nitrogens with two attached hydrogens (primary N) is 1. The van der Waals surface area contributed by atoms with Gasteiger partial charge in [0.05, 0.1) is 7.11 Å². The highest BCUT2D eigenvalue weighted by molar-refractivity contribution is 6.30. The summed E-state index contributed by atoms with van der Waals surface area (Å²) < 4.78 is 5.42. The van der Waals surface area contributed by atoms with E-state index in [4.69, 9.17) is 22.1 Å². The molecule has 0 heterocycles. The summed E-state index contributed by atoms with van der Waals surface area (Å²) in [6.07, 6.45) is 3.49. The van der Waals surface area contributed by atoms with Crippen molar-refractivity contribution in [2.45, 2.75) is 37.6 Å². The Hall–Kier alpha value is -0.730. The summed E-state index contributed by atoms with van der Waals surface area (Å²) in [5, 5.41) is 0.753. The summed E-state index contributed by atoms with van der Waals surface area (Å²) in [5.41, 5.74) is 7.38. The van der Waals surface area contributed by atoms with Crippen molar-refractivity contribution in [3.63, 3.8) is 0 Å². The first kappa shape index (κ1) is 11.7. The number of hydrogen-bond donors (Lipinski definition) is 1. The van der Waals surface area contributed by atoms with Gasteiger partial charge in [0.1, 0.15) is 5.75 Å². The van der Waals surface area contributed by atoms with Gasteiger partial charge in [-0.2, -0.15) is 0 Å². The fourth-order valence-electron chi connectivity index (χ4n) is 2.60. The fourth-order valence-corrected chi connectivity index (χ4v) is 2.77. The summed E-state index contributed by atoms with van der Waals surface area (Å²) >= 11 is 6.07. The molecule has 0 amide bonds. The van der Waals surface area contributed by atoms with Crippen molar-refractivity contribution in [3.8, 4) is 5.75 Å². The lowest BCUT2D eigenvalue weighted by Crippen LogP contribution is -2.48. The van der Waals surface area contributed by atoms with Crippen LogP contribution in [0.5, 0.6) is 5.75 Å². The second-order valence-electron chi connectivity index (χ2n) is 4.64. The number of benzene rings is 1. The zero-order valence-electron chi connectivity index (χ0n) is 9.79. The molecular weight excluding hydrogens is 222 g/mol. The molecule has 1 unspecified atom stereocenters. The molecule has 88 valence electrons. The van der Waals surface area contributed by atoms with Crippen molar-refractivity contribution in [2.24, 2.45) is 5.73 Å². The minimum atomic E-state index is 0.0657. The van der Waals surface area contributed by atoms with Crippen LogP contribution in [0.4, 0.5) is 0 Å². The quantitative estimate of drug-likeness (QED) is 0.880. The minimum Gasteiger partial charge on any atom is -0.496 e. The summed E-state index contributed by atoms with van der Waals surface area (Å²) in [4.78, 5) is 0. The van der Waals surface area contributed by atoms with Crippen molar-refractivity contribution in [2.75, 3.05) is 7.11 Å². The summed E-state index contributed by atoms with van der Waals surface area (Å²) in [5.74, 6) is 0.904. The first-order chi connectivity index (χ1) is 7.60. The molecule has 0 saturated heterocycles. The Balaban J connectivity index is 2.48. The fraction of sp³-hybridized carbons (Fsp3) is 0.538. The molecule has 2 N–H and O–H groups in total. The molecule has 3 heteroatoms. The molecule has 1 aliphatic rings. The van der Waals surface area contributed by atoms with E-state index in [1.54, 1.807) is 7.11 Å². The summed E-state index contributed by atoms with van der Waals surface area (Å²) in [6, 6.07) is 5.93. The lowest BCUT2D eigenvalue weighted by molar-refractivity contribution is 0.198. The van der Waals surface area contributed by atoms with Gasteiger partial charge in [-0.1, -0.05) is 18.0 Å².